The molecule has 19 heavy (non-hydrogen) atoms. The Morgan fingerprint density at radius 2 is 2.00 bits per heavy atom. The van der Waals surface area contributed by atoms with Gasteiger partial charge in [-0.3, -0.25) is 4.98 Å². The van der Waals surface area contributed by atoms with Crippen LogP contribution >= 0.6 is 11.6 Å². The van der Waals surface area contributed by atoms with Gasteiger partial charge in [0.05, 0.1) is 5.52 Å². The van der Waals surface area contributed by atoms with Crippen LogP contribution in [0, 0.1) is 12.3 Å². The standard InChI is InChI=1S/C16H21ClN2/c1-12-10-15(18-11-16(2,3)8-9-17)13-6-4-5-7-14(13)19-12/h4-7,10H,8-9,11H2,1-3H3,(H,18,19). The number of fused-ring (bicyclic) bond motifs is 1. The number of aryl methyl sites for hydroxylation is 1. The number of para-hydroxylation sites is 1. The van der Waals surface area contributed by atoms with Gasteiger partial charge in [0, 0.05) is 29.2 Å². The minimum atomic E-state index is 0.194. The van der Waals surface area contributed by atoms with E-state index in [0.717, 1.165) is 29.9 Å². The quantitative estimate of drug-likeness (QED) is 0.807. The number of hydrogen-bond donors (Lipinski definition) is 1. The average Bonchev–Trinajstić information content (AvgIpc) is 2.36. The summed E-state index contributed by atoms with van der Waals surface area (Å²) in [6, 6.07) is 10.3. The van der Waals surface area contributed by atoms with E-state index in [-0.39, 0.29) is 5.41 Å². The number of nitrogens with one attached hydrogen (secondary N) is 1. The van der Waals surface area contributed by atoms with Gasteiger partial charge in [-0.05, 0) is 30.9 Å². The fraction of sp³-hybridized carbons (Fsp3) is 0.438. The molecule has 0 aliphatic rings. The summed E-state index contributed by atoms with van der Waals surface area (Å²) < 4.78 is 0. The van der Waals surface area contributed by atoms with Crippen LogP contribution in [-0.4, -0.2) is 17.4 Å². The van der Waals surface area contributed by atoms with Crippen LogP contribution < -0.4 is 5.32 Å². The molecule has 0 saturated carbocycles. The maximum absolute atomic E-state index is 5.85. The normalized spacial score (nSPS) is 11.8. The van der Waals surface area contributed by atoms with Gasteiger partial charge in [0.2, 0.25) is 0 Å². The van der Waals surface area contributed by atoms with Crippen LogP contribution in [-0.2, 0) is 0 Å². The molecule has 0 bridgehead atoms. The van der Waals surface area contributed by atoms with Crippen molar-refractivity contribution in [3.63, 3.8) is 0 Å². The molecular formula is C16H21ClN2. The second-order valence-electron chi connectivity index (χ2n) is 5.79. The summed E-state index contributed by atoms with van der Waals surface area (Å²) in [6.45, 7) is 7.41. The molecule has 1 N–H and O–H groups in total. The molecule has 0 unspecified atom stereocenters. The third-order valence-electron chi connectivity index (χ3n) is 3.37. The molecule has 0 aliphatic heterocycles. The molecule has 2 rings (SSSR count). The number of benzene rings is 1. The Labute approximate surface area is 120 Å². The highest BCUT2D eigenvalue weighted by molar-refractivity contribution is 6.17. The fourth-order valence-electron chi connectivity index (χ4n) is 2.13. The van der Waals surface area contributed by atoms with Crippen molar-refractivity contribution in [3.05, 3.63) is 36.0 Å². The summed E-state index contributed by atoms with van der Waals surface area (Å²) in [7, 11) is 0. The van der Waals surface area contributed by atoms with E-state index in [9.17, 15) is 0 Å². The number of alkyl halides is 1. The molecule has 1 heterocycles. The van der Waals surface area contributed by atoms with Gasteiger partial charge < -0.3 is 5.32 Å². The van der Waals surface area contributed by atoms with E-state index in [0.29, 0.717) is 5.88 Å². The van der Waals surface area contributed by atoms with Gasteiger partial charge in [-0.2, -0.15) is 0 Å². The molecule has 0 fully saturated rings. The smallest absolute Gasteiger partial charge is 0.0725 e. The maximum Gasteiger partial charge on any atom is 0.0725 e. The summed E-state index contributed by atoms with van der Waals surface area (Å²) in [5, 5.41) is 4.73. The summed E-state index contributed by atoms with van der Waals surface area (Å²) in [5.41, 5.74) is 3.43. The third kappa shape index (κ3) is 3.60. The molecule has 0 atom stereocenters. The first-order valence-electron chi connectivity index (χ1n) is 6.68. The van der Waals surface area contributed by atoms with Crippen molar-refractivity contribution in [1.82, 2.24) is 4.98 Å². The topological polar surface area (TPSA) is 24.9 Å². The zero-order valence-electron chi connectivity index (χ0n) is 11.8. The lowest BCUT2D eigenvalue weighted by molar-refractivity contribution is 0.379. The number of pyridine rings is 1. The number of anilines is 1. The van der Waals surface area contributed by atoms with Crippen molar-refractivity contribution in [2.75, 3.05) is 17.7 Å². The van der Waals surface area contributed by atoms with Crippen LogP contribution in [0.25, 0.3) is 10.9 Å². The first-order valence-corrected chi connectivity index (χ1v) is 7.21. The zero-order valence-corrected chi connectivity index (χ0v) is 12.6. The lowest BCUT2D eigenvalue weighted by atomic mass is 9.90. The third-order valence-corrected chi connectivity index (χ3v) is 3.56. The van der Waals surface area contributed by atoms with Crippen LogP contribution in [0.1, 0.15) is 26.0 Å². The van der Waals surface area contributed by atoms with Crippen molar-refractivity contribution < 1.29 is 0 Å². The number of nitrogens with zero attached hydrogens (tertiary/aromatic N) is 1. The molecule has 1 aromatic heterocycles. The van der Waals surface area contributed by atoms with Gasteiger partial charge in [-0.1, -0.05) is 32.0 Å². The lowest BCUT2D eigenvalue weighted by Crippen LogP contribution is -2.23. The predicted octanol–water partition coefficient (Wildman–Crippen LogP) is 4.61. The Balaban J connectivity index is 2.25. The van der Waals surface area contributed by atoms with Crippen molar-refractivity contribution in [2.45, 2.75) is 27.2 Å². The molecule has 2 aromatic rings. The van der Waals surface area contributed by atoms with Crippen LogP contribution in [0.4, 0.5) is 5.69 Å². The van der Waals surface area contributed by atoms with Crippen molar-refractivity contribution in [1.29, 1.82) is 0 Å². The molecule has 102 valence electrons. The Bertz CT molecular complexity index is 564. The lowest BCUT2D eigenvalue weighted by Gasteiger charge is -2.25. The van der Waals surface area contributed by atoms with Crippen LogP contribution in [0.3, 0.4) is 0 Å². The highest BCUT2D eigenvalue weighted by Gasteiger charge is 2.17. The SMILES string of the molecule is Cc1cc(NCC(C)(C)CCCl)c2ccccc2n1. The zero-order chi connectivity index (χ0) is 13.9. The van der Waals surface area contributed by atoms with Crippen LogP contribution in [0.15, 0.2) is 30.3 Å². The molecular weight excluding hydrogens is 256 g/mol. The molecule has 0 saturated heterocycles. The predicted molar refractivity (Wildman–Crippen MR) is 84.1 cm³/mol. The number of aromatic nitrogens is 1. The van der Waals surface area contributed by atoms with Gasteiger partial charge in [0.15, 0.2) is 0 Å². The average molecular weight is 277 g/mol. The van der Waals surface area contributed by atoms with Gasteiger partial charge in [-0.25, -0.2) is 0 Å². The van der Waals surface area contributed by atoms with Gasteiger partial charge in [0.1, 0.15) is 0 Å². The number of hydrogen-bond acceptors (Lipinski definition) is 2. The first-order chi connectivity index (χ1) is 9.02. The second-order valence-corrected chi connectivity index (χ2v) is 6.16. The van der Waals surface area contributed by atoms with Crippen molar-refractivity contribution >= 4 is 28.2 Å². The van der Waals surface area contributed by atoms with Crippen molar-refractivity contribution in [2.24, 2.45) is 5.41 Å². The minimum absolute atomic E-state index is 0.194. The first kappa shape index (κ1) is 14.1. The highest BCUT2D eigenvalue weighted by Crippen LogP contribution is 2.26. The molecule has 0 spiro atoms. The second kappa shape index (κ2) is 5.79. The summed E-state index contributed by atoms with van der Waals surface area (Å²) in [5.74, 6) is 0.699. The van der Waals surface area contributed by atoms with E-state index in [1.165, 1.54) is 5.39 Å². The fourth-order valence-corrected chi connectivity index (χ4v) is 2.64. The number of halogens is 1. The molecule has 0 amide bonds. The van der Waals surface area contributed by atoms with E-state index in [1.54, 1.807) is 0 Å². The van der Waals surface area contributed by atoms with E-state index < -0.39 is 0 Å². The Morgan fingerprint density at radius 1 is 1.26 bits per heavy atom. The van der Waals surface area contributed by atoms with Crippen LogP contribution in [0.5, 0.6) is 0 Å². The molecule has 2 nitrogen and oxygen atoms in total. The van der Waals surface area contributed by atoms with E-state index in [1.807, 2.05) is 13.0 Å². The molecule has 0 aliphatic carbocycles. The van der Waals surface area contributed by atoms with Crippen molar-refractivity contribution in [3.8, 4) is 0 Å². The monoisotopic (exact) mass is 276 g/mol. The summed E-state index contributed by atoms with van der Waals surface area (Å²) >= 11 is 5.85. The van der Waals surface area contributed by atoms with Gasteiger partial charge in [0.25, 0.3) is 0 Å². The highest BCUT2D eigenvalue weighted by atomic mass is 35.5. The molecule has 0 radical (unpaired) electrons. The van der Waals surface area contributed by atoms with E-state index in [2.05, 4.69) is 48.4 Å². The van der Waals surface area contributed by atoms with Gasteiger partial charge in [-0.15, -0.1) is 11.6 Å². The number of rotatable bonds is 5. The van der Waals surface area contributed by atoms with E-state index in [4.69, 9.17) is 11.6 Å². The minimum Gasteiger partial charge on any atom is -0.384 e. The van der Waals surface area contributed by atoms with Crippen LogP contribution in [0.2, 0.25) is 0 Å². The Morgan fingerprint density at radius 3 is 2.74 bits per heavy atom. The molecule has 1 aromatic carbocycles. The van der Waals surface area contributed by atoms with Gasteiger partial charge >= 0.3 is 0 Å². The summed E-state index contributed by atoms with van der Waals surface area (Å²) in [4.78, 5) is 4.56. The summed E-state index contributed by atoms with van der Waals surface area (Å²) in [6.07, 6.45) is 1.00. The maximum atomic E-state index is 5.85. The largest absolute Gasteiger partial charge is 0.384 e. The van der Waals surface area contributed by atoms with E-state index >= 15 is 0 Å². The Kier molecular flexibility index (Phi) is 4.31. The Hall–Kier alpha value is -1.28. The molecule has 3 heteroatoms.